The Morgan fingerprint density at radius 1 is 1.24 bits per heavy atom. The van der Waals surface area contributed by atoms with Crippen LogP contribution < -0.4 is 26.3 Å². The fourth-order valence-corrected chi connectivity index (χ4v) is 2.45. The second kappa shape index (κ2) is 15.0. The van der Waals surface area contributed by atoms with Crippen LogP contribution in [0.25, 0.3) is 6.08 Å². The van der Waals surface area contributed by atoms with Gasteiger partial charge in [-0.3, -0.25) is 5.41 Å². The van der Waals surface area contributed by atoms with Crippen LogP contribution >= 0.6 is 0 Å². The summed E-state index contributed by atoms with van der Waals surface area (Å²) in [6.07, 6.45) is 4.40. The first-order valence-electron chi connectivity index (χ1n) is 10.1. The quantitative estimate of drug-likeness (QED) is 0.0414. The SMILES string of the molecule is COc1cc(/C=C/C(=O)OCCCCO[N+](=O)[O-])ccc1OC(=O)C(N)CCCNC(=N)N. The molecule has 182 valence electrons. The number of esters is 2. The van der Waals surface area contributed by atoms with Crippen molar-refractivity contribution in [2.45, 2.75) is 31.7 Å². The summed E-state index contributed by atoms with van der Waals surface area (Å²) >= 11 is 0. The highest BCUT2D eigenvalue weighted by Crippen LogP contribution is 2.29. The summed E-state index contributed by atoms with van der Waals surface area (Å²) in [4.78, 5) is 38.1. The molecule has 0 radical (unpaired) electrons. The number of methoxy groups -OCH3 is 1. The molecule has 0 bridgehead atoms. The van der Waals surface area contributed by atoms with Gasteiger partial charge in [-0.05, 0) is 49.5 Å². The predicted molar refractivity (Wildman–Crippen MR) is 118 cm³/mol. The second-order valence-electron chi connectivity index (χ2n) is 6.69. The van der Waals surface area contributed by atoms with Crippen molar-refractivity contribution in [3.8, 4) is 11.5 Å². The number of ether oxygens (including phenoxy) is 3. The minimum Gasteiger partial charge on any atom is -0.493 e. The number of nitrogens with two attached hydrogens (primary N) is 2. The van der Waals surface area contributed by atoms with Gasteiger partial charge in [-0.2, -0.15) is 0 Å². The van der Waals surface area contributed by atoms with E-state index in [4.69, 9.17) is 31.1 Å². The maximum absolute atomic E-state index is 12.2. The standard InChI is InChI=1S/C20H29N5O8/c1-30-17-13-14(7-9-18(26)31-11-2-3-12-32-25(28)29)6-8-16(17)33-19(27)15(21)5-4-10-24-20(22)23/h6-9,13,15H,2-5,10-12,21H2,1H3,(H4,22,23,24)/b9-7+. The fraction of sp³-hybridized carbons (Fsp3) is 0.450. The number of nitrogens with one attached hydrogen (secondary N) is 2. The van der Waals surface area contributed by atoms with Gasteiger partial charge in [0.15, 0.2) is 17.5 Å². The molecule has 33 heavy (non-hydrogen) atoms. The minimum absolute atomic E-state index is 0.0565. The molecule has 0 heterocycles. The van der Waals surface area contributed by atoms with Crippen molar-refractivity contribution in [1.29, 1.82) is 5.41 Å². The highest BCUT2D eigenvalue weighted by Gasteiger charge is 2.18. The summed E-state index contributed by atoms with van der Waals surface area (Å²) in [5.74, 6) is -0.915. The minimum atomic E-state index is -0.875. The van der Waals surface area contributed by atoms with E-state index >= 15 is 0 Å². The lowest BCUT2D eigenvalue weighted by Crippen LogP contribution is -2.36. The van der Waals surface area contributed by atoms with Gasteiger partial charge < -0.3 is 35.8 Å². The number of hydrogen-bond donors (Lipinski definition) is 4. The second-order valence-corrected chi connectivity index (χ2v) is 6.69. The number of unbranched alkanes of at least 4 members (excludes halogenated alkanes) is 1. The summed E-state index contributed by atoms with van der Waals surface area (Å²) in [6.45, 7) is 0.464. The molecule has 13 heteroatoms. The van der Waals surface area contributed by atoms with E-state index in [0.29, 0.717) is 37.8 Å². The number of guanidine groups is 1. The molecule has 0 amide bonds. The van der Waals surface area contributed by atoms with Crippen LogP contribution in [-0.4, -0.2) is 55.9 Å². The van der Waals surface area contributed by atoms with Gasteiger partial charge >= 0.3 is 11.9 Å². The monoisotopic (exact) mass is 467 g/mol. The Bertz CT molecular complexity index is 846. The van der Waals surface area contributed by atoms with E-state index in [1.165, 1.54) is 25.3 Å². The average molecular weight is 467 g/mol. The molecule has 0 aliphatic heterocycles. The third kappa shape index (κ3) is 11.9. The summed E-state index contributed by atoms with van der Waals surface area (Å²) in [6, 6.07) is 3.85. The molecule has 6 N–H and O–H groups in total. The van der Waals surface area contributed by atoms with Gasteiger partial charge in [-0.1, -0.05) is 6.07 Å². The summed E-state index contributed by atoms with van der Waals surface area (Å²) in [5, 5.41) is 18.8. The van der Waals surface area contributed by atoms with Crippen molar-refractivity contribution >= 4 is 24.0 Å². The Balaban J connectivity index is 2.51. The highest BCUT2D eigenvalue weighted by molar-refractivity contribution is 5.87. The topological polar surface area (TPSA) is 202 Å². The van der Waals surface area contributed by atoms with E-state index in [2.05, 4.69) is 10.2 Å². The molecule has 0 aromatic heterocycles. The van der Waals surface area contributed by atoms with Crippen molar-refractivity contribution in [3.05, 3.63) is 40.0 Å². The van der Waals surface area contributed by atoms with Gasteiger partial charge in [0, 0.05) is 12.6 Å². The summed E-state index contributed by atoms with van der Waals surface area (Å²) in [7, 11) is 1.41. The maximum atomic E-state index is 12.2. The predicted octanol–water partition coefficient (Wildman–Crippen LogP) is 0.736. The molecule has 1 atom stereocenters. The van der Waals surface area contributed by atoms with Crippen molar-refractivity contribution in [2.75, 3.05) is 26.9 Å². The molecule has 1 unspecified atom stereocenters. The van der Waals surface area contributed by atoms with E-state index in [-0.39, 0.29) is 30.7 Å². The van der Waals surface area contributed by atoms with Crippen LogP contribution in [-0.2, 0) is 19.2 Å². The zero-order chi connectivity index (χ0) is 24.6. The van der Waals surface area contributed by atoms with Crippen LogP contribution in [0.2, 0.25) is 0 Å². The van der Waals surface area contributed by atoms with Crippen LogP contribution in [0.1, 0.15) is 31.2 Å². The molecule has 0 saturated heterocycles. The zero-order valence-electron chi connectivity index (χ0n) is 18.3. The molecular formula is C20H29N5O8. The van der Waals surface area contributed by atoms with Gasteiger partial charge in [0.1, 0.15) is 6.04 Å². The molecular weight excluding hydrogens is 438 g/mol. The molecule has 0 spiro atoms. The molecule has 1 aromatic carbocycles. The normalized spacial score (nSPS) is 11.5. The Kier molecular flexibility index (Phi) is 12.4. The third-order valence-corrected chi connectivity index (χ3v) is 4.10. The molecule has 13 nitrogen and oxygen atoms in total. The molecule has 0 aliphatic rings. The first-order chi connectivity index (χ1) is 15.7. The van der Waals surface area contributed by atoms with Crippen LogP contribution in [0.4, 0.5) is 0 Å². The number of carbonyl (C=O) groups excluding carboxylic acids is 2. The maximum Gasteiger partial charge on any atom is 0.330 e. The number of rotatable bonds is 15. The van der Waals surface area contributed by atoms with Crippen molar-refractivity contribution in [3.63, 3.8) is 0 Å². The van der Waals surface area contributed by atoms with E-state index in [1.54, 1.807) is 12.1 Å². The Labute approximate surface area is 190 Å². The summed E-state index contributed by atoms with van der Waals surface area (Å²) < 4.78 is 15.5. The molecule has 0 saturated carbocycles. The van der Waals surface area contributed by atoms with Gasteiger partial charge in [-0.15, -0.1) is 10.1 Å². The van der Waals surface area contributed by atoms with E-state index in [1.807, 2.05) is 0 Å². The van der Waals surface area contributed by atoms with Crippen molar-refractivity contribution in [2.24, 2.45) is 11.5 Å². The van der Waals surface area contributed by atoms with E-state index < -0.39 is 23.1 Å². The molecule has 1 rings (SSSR count). The van der Waals surface area contributed by atoms with Crippen LogP contribution in [0.5, 0.6) is 11.5 Å². The van der Waals surface area contributed by atoms with Crippen molar-refractivity contribution < 1.29 is 33.7 Å². The lowest BCUT2D eigenvalue weighted by Gasteiger charge is -2.14. The number of benzene rings is 1. The van der Waals surface area contributed by atoms with Crippen molar-refractivity contribution in [1.82, 2.24) is 5.32 Å². The Morgan fingerprint density at radius 3 is 2.64 bits per heavy atom. The lowest BCUT2D eigenvalue weighted by atomic mass is 10.1. The van der Waals surface area contributed by atoms with E-state index in [9.17, 15) is 19.7 Å². The van der Waals surface area contributed by atoms with Gasteiger partial charge in [0.05, 0.1) is 20.3 Å². The fourth-order valence-electron chi connectivity index (χ4n) is 2.45. The number of nitrogens with zero attached hydrogens (tertiary/aromatic N) is 1. The van der Waals surface area contributed by atoms with Crippen LogP contribution in [0, 0.1) is 15.5 Å². The first kappa shape index (κ1) is 27.2. The average Bonchev–Trinajstić information content (AvgIpc) is 2.77. The lowest BCUT2D eigenvalue weighted by molar-refractivity contribution is -0.757. The molecule has 1 aromatic rings. The Hall–Kier alpha value is -3.87. The molecule has 0 aliphatic carbocycles. The van der Waals surface area contributed by atoms with Gasteiger partial charge in [0.25, 0.3) is 5.09 Å². The number of hydrogen-bond acceptors (Lipinski definition) is 10. The first-order valence-corrected chi connectivity index (χ1v) is 10.1. The number of carbonyl (C=O) groups is 2. The smallest absolute Gasteiger partial charge is 0.330 e. The Morgan fingerprint density at radius 2 is 1.97 bits per heavy atom. The summed E-state index contributed by atoms with van der Waals surface area (Å²) in [5.41, 5.74) is 11.6. The highest BCUT2D eigenvalue weighted by atomic mass is 16.9. The van der Waals surface area contributed by atoms with Gasteiger partial charge in [0.2, 0.25) is 0 Å². The molecule has 0 fully saturated rings. The van der Waals surface area contributed by atoms with Crippen LogP contribution in [0.15, 0.2) is 24.3 Å². The largest absolute Gasteiger partial charge is 0.493 e. The van der Waals surface area contributed by atoms with Gasteiger partial charge in [-0.25, -0.2) is 9.59 Å². The van der Waals surface area contributed by atoms with Crippen LogP contribution in [0.3, 0.4) is 0 Å². The third-order valence-electron chi connectivity index (χ3n) is 4.10. The zero-order valence-corrected chi connectivity index (χ0v) is 18.3. The van der Waals surface area contributed by atoms with E-state index in [0.717, 1.165) is 0 Å².